The van der Waals surface area contributed by atoms with Gasteiger partial charge in [-0.1, -0.05) is 36.4 Å². The van der Waals surface area contributed by atoms with E-state index in [1.807, 2.05) is 37.3 Å². The Morgan fingerprint density at radius 1 is 0.931 bits per heavy atom. The van der Waals surface area contributed by atoms with Gasteiger partial charge in [-0.25, -0.2) is 9.78 Å². The van der Waals surface area contributed by atoms with Crippen LogP contribution in [0.2, 0.25) is 0 Å². The molecular weight excluding hydrogens is 370 g/mol. The normalized spacial score (nSPS) is 10.9. The van der Waals surface area contributed by atoms with Crippen molar-refractivity contribution in [1.82, 2.24) is 4.98 Å². The molecule has 3 rings (SSSR count). The minimum absolute atomic E-state index is 0.246. The average molecular weight is 391 g/mol. The number of para-hydroxylation sites is 2. The summed E-state index contributed by atoms with van der Waals surface area (Å²) < 4.78 is 21.8. The number of rotatable bonds is 7. The molecule has 0 unspecified atom stereocenters. The number of carbonyl (C=O) groups is 1. The van der Waals surface area contributed by atoms with Crippen molar-refractivity contribution >= 4 is 11.5 Å². The van der Waals surface area contributed by atoms with E-state index in [1.165, 1.54) is 20.5 Å². The van der Waals surface area contributed by atoms with E-state index in [1.54, 1.807) is 36.5 Å². The number of benzene rings is 2. The lowest BCUT2D eigenvalue weighted by Crippen LogP contribution is -2.05. The highest BCUT2D eigenvalue weighted by molar-refractivity contribution is 6.17. The molecule has 2 aromatic carbocycles. The van der Waals surface area contributed by atoms with Crippen LogP contribution in [0, 0.1) is 6.92 Å². The van der Waals surface area contributed by atoms with Crippen molar-refractivity contribution in [2.75, 3.05) is 14.2 Å². The van der Waals surface area contributed by atoms with Crippen molar-refractivity contribution in [3.8, 4) is 23.1 Å². The van der Waals surface area contributed by atoms with Crippen LogP contribution in [0.1, 0.15) is 11.1 Å². The summed E-state index contributed by atoms with van der Waals surface area (Å²) in [6, 6.07) is 18.2. The van der Waals surface area contributed by atoms with E-state index in [0.29, 0.717) is 28.7 Å². The Balaban J connectivity index is 1.89. The smallest absolute Gasteiger partial charge is 0.341 e. The van der Waals surface area contributed by atoms with Crippen LogP contribution in [-0.4, -0.2) is 25.2 Å². The van der Waals surface area contributed by atoms with Crippen molar-refractivity contribution in [3.63, 3.8) is 0 Å². The Hall–Kier alpha value is -3.80. The van der Waals surface area contributed by atoms with Crippen LogP contribution >= 0.6 is 0 Å². The van der Waals surface area contributed by atoms with Gasteiger partial charge >= 0.3 is 5.97 Å². The second-order valence-corrected chi connectivity index (χ2v) is 6.05. The zero-order valence-electron chi connectivity index (χ0n) is 16.4. The Labute approximate surface area is 169 Å². The molecule has 1 aromatic heterocycles. The monoisotopic (exact) mass is 391 g/mol. The third-order valence-electron chi connectivity index (χ3n) is 4.06. The van der Waals surface area contributed by atoms with E-state index in [4.69, 9.17) is 18.9 Å². The molecule has 0 aliphatic carbocycles. The molecule has 1 heterocycles. The Morgan fingerprint density at radius 2 is 1.66 bits per heavy atom. The molecule has 0 spiro atoms. The third kappa shape index (κ3) is 4.93. The van der Waals surface area contributed by atoms with Crippen LogP contribution < -0.4 is 9.47 Å². The molecule has 6 heteroatoms. The number of ether oxygens (including phenoxy) is 4. The number of aryl methyl sites for hydroxylation is 1. The van der Waals surface area contributed by atoms with Gasteiger partial charge in [0, 0.05) is 17.8 Å². The molecule has 0 fully saturated rings. The molecule has 0 saturated carbocycles. The minimum atomic E-state index is -0.527. The van der Waals surface area contributed by atoms with Gasteiger partial charge in [0.25, 0.3) is 0 Å². The van der Waals surface area contributed by atoms with Gasteiger partial charge in [-0.15, -0.1) is 0 Å². The van der Waals surface area contributed by atoms with E-state index in [9.17, 15) is 4.79 Å². The Kier molecular flexibility index (Phi) is 6.47. The number of carbonyl (C=O) groups excluding carboxylic acids is 1. The van der Waals surface area contributed by atoms with Gasteiger partial charge in [-0.3, -0.25) is 0 Å². The van der Waals surface area contributed by atoms with E-state index in [0.717, 1.165) is 5.56 Å². The lowest BCUT2D eigenvalue weighted by Gasteiger charge is -2.13. The fourth-order valence-electron chi connectivity index (χ4n) is 2.65. The molecule has 0 atom stereocenters. The molecule has 6 nitrogen and oxygen atoms in total. The first-order valence-corrected chi connectivity index (χ1v) is 8.90. The van der Waals surface area contributed by atoms with E-state index in [-0.39, 0.29) is 5.57 Å². The van der Waals surface area contributed by atoms with Crippen molar-refractivity contribution in [3.05, 3.63) is 84.2 Å². The van der Waals surface area contributed by atoms with Crippen LogP contribution in [0.3, 0.4) is 0 Å². The predicted molar refractivity (Wildman–Crippen MR) is 109 cm³/mol. The van der Waals surface area contributed by atoms with Gasteiger partial charge in [-0.2, -0.15) is 0 Å². The van der Waals surface area contributed by atoms with Crippen LogP contribution in [0.5, 0.6) is 23.1 Å². The summed E-state index contributed by atoms with van der Waals surface area (Å²) in [5.74, 6) is 1.57. The van der Waals surface area contributed by atoms with Crippen molar-refractivity contribution in [1.29, 1.82) is 0 Å². The fourth-order valence-corrected chi connectivity index (χ4v) is 2.65. The first kappa shape index (κ1) is 19.9. The number of aromatic nitrogens is 1. The summed E-state index contributed by atoms with van der Waals surface area (Å²) in [6.45, 7) is 1.96. The number of methoxy groups -OCH3 is 2. The summed E-state index contributed by atoms with van der Waals surface area (Å²) in [5.41, 5.74) is 1.79. The van der Waals surface area contributed by atoms with Gasteiger partial charge in [0.05, 0.1) is 20.5 Å². The molecule has 0 amide bonds. The van der Waals surface area contributed by atoms with E-state index >= 15 is 0 Å². The molecule has 0 aliphatic heterocycles. The Bertz CT molecular complexity index is 1030. The maximum Gasteiger partial charge on any atom is 0.341 e. The number of hydrogen-bond donors (Lipinski definition) is 0. The maximum atomic E-state index is 12.1. The highest BCUT2D eigenvalue weighted by atomic mass is 16.5. The van der Waals surface area contributed by atoms with Crippen LogP contribution in [-0.2, 0) is 14.3 Å². The first-order valence-electron chi connectivity index (χ1n) is 8.90. The third-order valence-corrected chi connectivity index (χ3v) is 4.06. The molecule has 0 N–H and O–H groups in total. The number of hydrogen-bond acceptors (Lipinski definition) is 6. The molecule has 0 saturated heterocycles. The first-order chi connectivity index (χ1) is 14.1. The lowest BCUT2D eigenvalue weighted by atomic mass is 10.1. The maximum absolute atomic E-state index is 12.1. The summed E-state index contributed by atoms with van der Waals surface area (Å²) >= 11 is 0. The van der Waals surface area contributed by atoms with Gasteiger partial charge in [-0.05, 0) is 30.7 Å². The molecule has 0 radical (unpaired) electrons. The van der Waals surface area contributed by atoms with E-state index in [2.05, 4.69) is 4.98 Å². The molecule has 0 bridgehead atoms. The second kappa shape index (κ2) is 9.41. The van der Waals surface area contributed by atoms with E-state index < -0.39 is 5.97 Å². The van der Waals surface area contributed by atoms with Crippen molar-refractivity contribution in [2.24, 2.45) is 0 Å². The minimum Gasteiger partial charge on any atom is -0.503 e. The molecule has 29 heavy (non-hydrogen) atoms. The zero-order chi connectivity index (χ0) is 20.6. The largest absolute Gasteiger partial charge is 0.503 e. The van der Waals surface area contributed by atoms with Gasteiger partial charge < -0.3 is 18.9 Å². The zero-order valence-corrected chi connectivity index (χ0v) is 16.4. The standard InChI is InChI=1S/C23H21NO5/c1-16-8-4-6-10-20(16)29-22-14-17(12-13-24-22)28-21-11-7-5-9-18(21)19(15-26-2)23(25)27-3/h4-15H,1-3H3/b19-15+. The molecule has 0 aliphatic rings. The predicted octanol–water partition coefficient (Wildman–Crippen LogP) is 5.13. The fraction of sp³-hybridized carbons (Fsp3) is 0.130. The summed E-state index contributed by atoms with van der Waals surface area (Å²) in [6.07, 6.45) is 2.92. The van der Waals surface area contributed by atoms with Gasteiger partial charge in [0.1, 0.15) is 22.8 Å². The summed E-state index contributed by atoms with van der Waals surface area (Å²) in [4.78, 5) is 16.4. The summed E-state index contributed by atoms with van der Waals surface area (Å²) in [5, 5.41) is 0. The van der Waals surface area contributed by atoms with Gasteiger partial charge in [0.2, 0.25) is 5.88 Å². The highest BCUT2D eigenvalue weighted by Gasteiger charge is 2.18. The number of pyridine rings is 1. The van der Waals surface area contributed by atoms with Crippen molar-refractivity contribution in [2.45, 2.75) is 6.92 Å². The molecule has 148 valence electrons. The quantitative estimate of drug-likeness (QED) is 0.316. The van der Waals surface area contributed by atoms with Crippen molar-refractivity contribution < 1.29 is 23.7 Å². The number of nitrogens with zero attached hydrogens (tertiary/aromatic N) is 1. The lowest BCUT2D eigenvalue weighted by molar-refractivity contribution is -0.133. The number of esters is 1. The highest BCUT2D eigenvalue weighted by Crippen LogP contribution is 2.33. The second-order valence-electron chi connectivity index (χ2n) is 6.05. The topological polar surface area (TPSA) is 66.9 Å². The van der Waals surface area contributed by atoms with Crippen LogP contribution in [0.25, 0.3) is 5.57 Å². The van der Waals surface area contributed by atoms with Crippen LogP contribution in [0.4, 0.5) is 0 Å². The Morgan fingerprint density at radius 3 is 2.38 bits per heavy atom. The average Bonchev–Trinajstić information content (AvgIpc) is 2.74. The molecule has 3 aromatic rings. The molecular formula is C23H21NO5. The van der Waals surface area contributed by atoms with Gasteiger partial charge in [0.15, 0.2) is 0 Å². The summed E-state index contributed by atoms with van der Waals surface area (Å²) in [7, 11) is 2.78. The van der Waals surface area contributed by atoms with Crippen LogP contribution in [0.15, 0.2) is 73.1 Å². The SMILES string of the molecule is CO/C=C(/C(=O)OC)c1ccccc1Oc1ccnc(Oc2ccccc2C)c1.